The molecule has 2 fully saturated rings. The second-order valence-corrected chi connectivity index (χ2v) is 6.19. The minimum absolute atomic E-state index is 0.362. The van der Waals surface area contributed by atoms with Gasteiger partial charge in [-0.3, -0.25) is 0 Å². The third-order valence-corrected chi connectivity index (χ3v) is 4.51. The summed E-state index contributed by atoms with van der Waals surface area (Å²) in [4.78, 5) is 11.3. The maximum absolute atomic E-state index is 5.79. The van der Waals surface area contributed by atoms with Crippen LogP contribution in [0.2, 0.25) is 0 Å². The van der Waals surface area contributed by atoms with Crippen molar-refractivity contribution >= 4 is 11.6 Å². The molecule has 7 heteroatoms. The summed E-state index contributed by atoms with van der Waals surface area (Å²) in [5, 5.41) is 3.30. The number of nitrogens with zero attached hydrogens (tertiary/aromatic N) is 3. The van der Waals surface area contributed by atoms with Gasteiger partial charge in [0, 0.05) is 32.0 Å². The highest BCUT2D eigenvalue weighted by molar-refractivity contribution is 5.49. The van der Waals surface area contributed by atoms with Gasteiger partial charge in [-0.05, 0) is 19.1 Å². The van der Waals surface area contributed by atoms with E-state index in [1.807, 2.05) is 25.1 Å². The zero-order valence-corrected chi connectivity index (χ0v) is 13.8. The molecule has 4 heterocycles. The van der Waals surface area contributed by atoms with Gasteiger partial charge in [-0.15, -0.1) is 0 Å². The van der Waals surface area contributed by atoms with Crippen LogP contribution in [0.4, 0.5) is 11.6 Å². The van der Waals surface area contributed by atoms with Gasteiger partial charge in [0.05, 0.1) is 26.0 Å². The third-order valence-electron chi connectivity index (χ3n) is 4.51. The quantitative estimate of drug-likeness (QED) is 0.922. The molecule has 1 spiro atoms. The fourth-order valence-electron chi connectivity index (χ4n) is 3.26. The van der Waals surface area contributed by atoms with E-state index in [9.17, 15) is 0 Å². The first-order valence-electron chi connectivity index (χ1n) is 8.37. The van der Waals surface area contributed by atoms with Crippen LogP contribution < -0.4 is 10.2 Å². The van der Waals surface area contributed by atoms with Crippen LogP contribution in [0.1, 0.15) is 24.4 Å². The Kier molecular flexibility index (Phi) is 4.12. The molecule has 7 nitrogen and oxygen atoms in total. The van der Waals surface area contributed by atoms with Crippen LogP contribution in [-0.2, 0) is 16.0 Å². The number of aromatic nitrogens is 2. The first-order valence-corrected chi connectivity index (χ1v) is 8.37. The molecule has 0 aliphatic carbocycles. The summed E-state index contributed by atoms with van der Waals surface area (Å²) in [6.45, 7) is 5.66. The number of furan rings is 1. The van der Waals surface area contributed by atoms with Crippen molar-refractivity contribution in [3.8, 4) is 0 Å². The average Bonchev–Trinajstić information content (AvgIpc) is 3.26. The van der Waals surface area contributed by atoms with E-state index in [1.54, 1.807) is 6.26 Å². The smallest absolute Gasteiger partial charge is 0.171 e. The predicted molar refractivity (Wildman–Crippen MR) is 88.9 cm³/mol. The molecule has 24 heavy (non-hydrogen) atoms. The molecule has 0 unspecified atom stereocenters. The van der Waals surface area contributed by atoms with Crippen LogP contribution in [0.25, 0.3) is 0 Å². The van der Waals surface area contributed by atoms with Crippen molar-refractivity contribution in [3.63, 3.8) is 0 Å². The highest BCUT2D eigenvalue weighted by atomic mass is 16.7. The minimum atomic E-state index is -0.362. The van der Waals surface area contributed by atoms with Gasteiger partial charge in [0.15, 0.2) is 5.79 Å². The first-order chi connectivity index (χ1) is 11.7. The summed E-state index contributed by atoms with van der Waals surface area (Å²) >= 11 is 0. The van der Waals surface area contributed by atoms with E-state index in [-0.39, 0.29) is 5.79 Å². The van der Waals surface area contributed by atoms with E-state index in [4.69, 9.17) is 13.9 Å². The van der Waals surface area contributed by atoms with Crippen LogP contribution in [0.3, 0.4) is 0 Å². The molecule has 2 saturated heterocycles. The molecule has 1 N–H and O–H groups in total. The second-order valence-electron chi connectivity index (χ2n) is 6.19. The standard InChI is InChI=1S/C17H22N4O3/c1-13-19-15(18-12-14-3-2-8-22-14)11-16(20-13)21-6-4-17(5-7-21)23-9-10-24-17/h2-3,8,11H,4-7,9-10,12H2,1H3,(H,18,19,20). The van der Waals surface area contributed by atoms with Crippen molar-refractivity contribution in [1.82, 2.24) is 9.97 Å². The molecule has 0 radical (unpaired) electrons. The van der Waals surface area contributed by atoms with Gasteiger partial charge >= 0.3 is 0 Å². The average molecular weight is 330 g/mol. The van der Waals surface area contributed by atoms with Gasteiger partial charge in [-0.2, -0.15) is 0 Å². The molecule has 0 saturated carbocycles. The molecule has 0 amide bonds. The lowest BCUT2D eigenvalue weighted by atomic mass is 10.0. The Morgan fingerprint density at radius 2 is 2.00 bits per heavy atom. The molecule has 0 atom stereocenters. The van der Waals surface area contributed by atoms with Crippen molar-refractivity contribution in [2.45, 2.75) is 32.1 Å². The van der Waals surface area contributed by atoms with Crippen LogP contribution in [0.15, 0.2) is 28.9 Å². The molecule has 128 valence electrons. The normalized spacial score (nSPS) is 19.8. The summed E-state index contributed by atoms with van der Waals surface area (Å²) in [6, 6.07) is 5.81. The van der Waals surface area contributed by atoms with Gasteiger partial charge in [0.1, 0.15) is 23.2 Å². The van der Waals surface area contributed by atoms with Gasteiger partial charge in [-0.25, -0.2) is 9.97 Å². The Bertz CT molecular complexity index is 673. The summed E-state index contributed by atoms with van der Waals surface area (Å²) in [6.07, 6.45) is 3.40. The molecule has 4 rings (SSSR count). The van der Waals surface area contributed by atoms with Crippen molar-refractivity contribution in [2.75, 3.05) is 36.5 Å². The first kappa shape index (κ1) is 15.4. The van der Waals surface area contributed by atoms with E-state index in [0.717, 1.165) is 49.2 Å². The number of piperidine rings is 1. The van der Waals surface area contributed by atoms with E-state index < -0.39 is 0 Å². The Morgan fingerprint density at radius 1 is 1.21 bits per heavy atom. The van der Waals surface area contributed by atoms with Crippen LogP contribution in [-0.4, -0.2) is 42.1 Å². The number of hydrogen-bond donors (Lipinski definition) is 1. The summed E-state index contributed by atoms with van der Waals surface area (Å²) < 4.78 is 16.9. The van der Waals surface area contributed by atoms with Gasteiger partial charge < -0.3 is 24.1 Å². The van der Waals surface area contributed by atoms with Gasteiger partial charge in [0.2, 0.25) is 0 Å². The molecule has 2 aromatic rings. The zero-order valence-electron chi connectivity index (χ0n) is 13.8. The van der Waals surface area contributed by atoms with E-state index in [1.165, 1.54) is 0 Å². The number of aryl methyl sites for hydroxylation is 1. The largest absolute Gasteiger partial charge is 0.467 e. The highest BCUT2D eigenvalue weighted by Gasteiger charge is 2.40. The van der Waals surface area contributed by atoms with Crippen molar-refractivity contribution < 1.29 is 13.9 Å². The topological polar surface area (TPSA) is 72.7 Å². The van der Waals surface area contributed by atoms with Gasteiger partial charge in [0.25, 0.3) is 0 Å². The number of ether oxygens (including phenoxy) is 2. The molecule has 2 aromatic heterocycles. The number of hydrogen-bond acceptors (Lipinski definition) is 7. The van der Waals surface area contributed by atoms with E-state index in [0.29, 0.717) is 19.8 Å². The van der Waals surface area contributed by atoms with Crippen LogP contribution in [0, 0.1) is 6.92 Å². The summed E-state index contributed by atoms with van der Waals surface area (Å²) in [5.74, 6) is 3.02. The number of anilines is 2. The number of nitrogens with one attached hydrogen (secondary N) is 1. The lowest BCUT2D eigenvalue weighted by Crippen LogP contribution is -2.45. The van der Waals surface area contributed by atoms with Crippen LogP contribution in [0.5, 0.6) is 0 Å². The van der Waals surface area contributed by atoms with Gasteiger partial charge in [-0.1, -0.05) is 0 Å². The second kappa shape index (κ2) is 6.41. The molecule has 2 aliphatic rings. The maximum Gasteiger partial charge on any atom is 0.171 e. The van der Waals surface area contributed by atoms with E-state index in [2.05, 4.69) is 20.2 Å². The number of rotatable bonds is 4. The zero-order chi connectivity index (χ0) is 16.4. The fourth-order valence-corrected chi connectivity index (χ4v) is 3.26. The Balaban J connectivity index is 1.43. The molecule has 0 aromatic carbocycles. The maximum atomic E-state index is 5.79. The summed E-state index contributed by atoms with van der Waals surface area (Å²) in [7, 11) is 0. The lowest BCUT2D eigenvalue weighted by Gasteiger charge is -2.38. The van der Waals surface area contributed by atoms with Crippen molar-refractivity contribution in [2.24, 2.45) is 0 Å². The monoisotopic (exact) mass is 330 g/mol. The molecular weight excluding hydrogens is 308 g/mol. The SMILES string of the molecule is Cc1nc(NCc2ccco2)cc(N2CCC3(CC2)OCCO3)n1. The minimum Gasteiger partial charge on any atom is -0.467 e. The Labute approximate surface area is 141 Å². The molecule has 0 bridgehead atoms. The predicted octanol–water partition coefficient (Wildman–Crippen LogP) is 2.33. The lowest BCUT2D eigenvalue weighted by molar-refractivity contribution is -0.169. The van der Waals surface area contributed by atoms with Crippen LogP contribution >= 0.6 is 0 Å². The highest BCUT2D eigenvalue weighted by Crippen LogP contribution is 2.33. The molecule has 2 aliphatic heterocycles. The van der Waals surface area contributed by atoms with Crippen molar-refractivity contribution in [1.29, 1.82) is 0 Å². The fraction of sp³-hybridized carbons (Fsp3) is 0.529. The van der Waals surface area contributed by atoms with Crippen molar-refractivity contribution in [3.05, 3.63) is 36.0 Å². The Morgan fingerprint density at radius 3 is 2.71 bits per heavy atom. The van der Waals surface area contributed by atoms with E-state index >= 15 is 0 Å². The summed E-state index contributed by atoms with van der Waals surface area (Å²) in [5.41, 5.74) is 0. The molecular formula is C17H22N4O3. The third kappa shape index (κ3) is 3.22. The Hall–Kier alpha value is -2.12.